The van der Waals surface area contributed by atoms with Gasteiger partial charge in [0.1, 0.15) is 21.7 Å². The zero-order valence-electron chi connectivity index (χ0n) is 17.8. The lowest BCUT2D eigenvalue weighted by molar-refractivity contribution is 0.466. The van der Waals surface area contributed by atoms with Gasteiger partial charge in [0.2, 0.25) is 0 Å². The van der Waals surface area contributed by atoms with Crippen molar-refractivity contribution >= 4 is 71.3 Å². The van der Waals surface area contributed by atoms with Gasteiger partial charge in [-0.3, -0.25) is 0 Å². The molecule has 12 heteroatoms. The average molecular weight is 499 g/mol. The summed E-state index contributed by atoms with van der Waals surface area (Å²) in [6.07, 6.45) is 2.86. The van der Waals surface area contributed by atoms with Gasteiger partial charge in [0, 0.05) is 29.3 Å². The summed E-state index contributed by atoms with van der Waals surface area (Å²) >= 11 is 2.43. The minimum Gasteiger partial charge on any atom is -0.506 e. The number of nitrogens with one attached hydrogen (secondary N) is 1. The van der Waals surface area contributed by atoms with E-state index in [1.54, 1.807) is 18.2 Å². The number of nitriles is 1. The van der Waals surface area contributed by atoms with Crippen molar-refractivity contribution in [2.75, 3.05) is 24.4 Å². The van der Waals surface area contributed by atoms with Gasteiger partial charge in [0.25, 0.3) is 0 Å². The normalized spacial score (nSPS) is 11.9. The number of fused-ring (bicyclic) bond motifs is 2. The molecule has 2 heterocycles. The minimum atomic E-state index is -3.73. The Morgan fingerprint density at radius 3 is 2.73 bits per heavy atom. The smallest absolute Gasteiger partial charge is 0.179 e. The first kappa shape index (κ1) is 22.9. The van der Waals surface area contributed by atoms with Crippen LogP contribution >= 0.6 is 23.3 Å². The molecule has 0 saturated carbocycles. The molecule has 9 nitrogen and oxygen atoms in total. The molecule has 0 saturated heterocycles. The number of rotatable bonds is 6. The van der Waals surface area contributed by atoms with Crippen LogP contribution in [0, 0.1) is 11.3 Å². The summed E-state index contributed by atoms with van der Waals surface area (Å²) in [6, 6.07) is 10.3. The molecule has 4 rings (SSSR count). The second kappa shape index (κ2) is 8.93. The Balaban J connectivity index is 1.95. The van der Waals surface area contributed by atoms with Crippen LogP contribution < -0.4 is 5.32 Å². The van der Waals surface area contributed by atoms with E-state index < -0.39 is 9.84 Å². The standard InChI is InChI=1S/C21H18N6O3S3/c1-4-23-14-7-5-6-12-17(14)15(9-16(18(12)28)33(3,29)30)25-26-21-13-8-11(10-22)20(31-2)24-19(13)27-32-21/h5-9,23,28H,4H2,1-3H3. The Morgan fingerprint density at radius 2 is 2.06 bits per heavy atom. The summed E-state index contributed by atoms with van der Waals surface area (Å²) in [7, 11) is -3.73. The molecule has 0 atom stereocenters. The van der Waals surface area contributed by atoms with Crippen molar-refractivity contribution in [3.8, 4) is 11.8 Å². The van der Waals surface area contributed by atoms with Gasteiger partial charge in [0.15, 0.2) is 20.5 Å². The summed E-state index contributed by atoms with van der Waals surface area (Å²) in [5.74, 6) is -0.332. The van der Waals surface area contributed by atoms with Crippen LogP contribution in [0.25, 0.3) is 21.8 Å². The van der Waals surface area contributed by atoms with Gasteiger partial charge in [-0.15, -0.1) is 22.0 Å². The third kappa shape index (κ3) is 4.22. The fourth-order valence-electron chi connectivity index (χ4n) is 3.38. The number of benzene rings is 2. The molecule has 2 aromatic carbocycles. The van der Waals surface area contributed by atoms with Crippen LogP contribution in [0.4, 0.5) is 16.4 Å². The summed E-state index contributed by atoms with van der Waals surface area (Å²) in [5, 5.41) is 34.4. The fraction of sp³-hybridized carbons (Fsp3) is 0.190. The number of thioether (sulfide) groups is 1. The largest absolute Gasteiger partial charge is 0.506 e. The molecule has 2 N–H and O–H groups in total. The van der Waals surface area contributed by atoms with E-state index in [4.69, 9.17) is 0 Å². The van der Waals surface area contributed by atoms with Crippen LogP contribution in [0.3, 0.4) is 0 Å². The highest BCUT2D eigenvalue weighted by molar-refractivity contribution is 7.98. The van der Waals surface area contributed by atoms with E-state index in [1.807, 2.05) is 19.2 Å². The summed E-state index contributed by atoms with van der Waals surface area (Å²) in [5.41, 5.74) is 1.83. The van der Waals surface area contributed by atoms with Crippen LogP contribution in [0.5, 0.6) is 5.75 Å². The van der Waals surface area contributed by atoms with Crippen LogP contribution in [0.2, 0.25) is 0 Å². The Bertz CT molecular complexity index is 1570. The molecule has 33 heavy (non-hydrogen) atoms. The first-order chi connectivity index (χ1) is 15.8. The van der Waals surface area contributed by atoms with Crippen molar-refractivity contribution < 1.29 is 13.5 Å². The third-order valence-electron chi connectivity index (χ3n) is 4.82. The van der Waals surface area contributed by atoms with Gasteiger partial charge >= 0.3 is 0 Å². The lowest BCUT2D eigenvalue weighted by Gasteiger charge is -2.13. The van der Waals surface area contributed by atoms with E-state index in [2.05, 4.69) is 31.0 Å². The van der Waals surface area contributed by atoms with Crippen molar-refractivity contribution in [3.63, 3.8) is 0 Å². The maximum atomic E-state index is 12.3. The van der Waals surface area contributed by atoms with E-state index in [9.17, 15) is 18.8 Å². The van der Waals surface area contributed by atoms with Crippen LogP contribution in [0.15, 0.2) is 50.5 Å². The molecule has 0 bridgehead atoms. The predicted molar refractivity (Wildman–Crippen MR) is 131 cm³/mol. The van der Waals surface area contributed by atoms with Crippen LogP contribution in [-0.4, -0.2) is 41.9 Å². The quantitative estimate of drug-likeness (QED) is 0.266. The number of nitrogens with zero attached hydrogens (tertiary/aromatic N) is 5. The van der Waals surface area contributed by atoms with E-state index in [0.29, 0.717) is 49.6 Å². The number of anilines is 1. The van der Waals surface area contributed by atoms with Crippen molar-refractivity contribution in [2.45, 2.75) is 16.8 Å². The Labute approximate surface area is 198 Å². The molecule has 0 spiro atoms. The average Bonchev–Trinajstić information content (AvgIpc) is 3.19. The van der Waals surface area contributed by atoms with Crippen molar-refractivity contribution in [1.82, 2.24) is 9.36 Å². The van der Waals surface area contributed by atoms with Crippen molar-refractivity contribution in [1.29, 1.82) is 5.26 Å². The number of phenols is 1. The number of aromatic nitrogens is 2. The fourth-order valence-corrected chi connectivity index (χ4v) is 5.31. The van der Waals surface area contributed by atoms with Gasteiger partial charge in [-0.1, -0.05) is 12.1 Å². The highest BCUT2D eigenvalue weighted by atomic mass is 32.2. The summed E-state index contributed by atoms with van der Waals surface area (Å²) in [4.78, 5) is 4.17. The molecule has 0 radical (unpaired) electrons. The second-order valence-electron chi connectivity index (χ2n) is 6.99. The van der Waals surface area contributed by atoms with E-state index in [0.717, 1.165) is 17.8 Å². The number of phenolic OH excluding ortho intramolecular Hbond substituents is 1. The third-order valence-corrected chi connectivity index (χ3v) is 7.37. The van der Waals surface area contributed by atoms with E-state index in [-0.39, 0.29) is 16.3 Å². The topological polar surface area (TPSA) is 141 Å². The summed E-state index contributed by atoms with van der Waals surface area (Å²) < 4.78 is 28.9. The SMILES string of the molecule is CCNc1cccc2c(O)c(S(C)(=O)=O)cc(N=Nc3snc4nc(SC)c(C#N)cc34)c12. The highest BCUT2D eigenvalue weighted by Crippen LogP contribution is 2.43. The van der Waals surface area contributed by atoms with E-state index in [1.165, 1.54) is 17.8 Å². The summed E-state index contributed by atoms with van der Waals surface area (Å²) in [6.45, 7) is 2.54. The number of sulfone groups is 1. The van der Waals surface area contributed by atoms with Crippen LogP contribution in [0.1, 0.15) is 12.5 Å². The molecule has 168 valence electrons. The number of hydrogen-bond donors (Lipinski definition) is 2. The first-order valence-corrected chi connectivity index (χ1v) is 13.6. The van der Waals surface area contributed by atoms with Gasteiger partial charge in [0.05, 0.1) is 16.6 Å². The van der Waals surface area contributed by atoms with E-state index >= 15 is 0 Å². The molecule has 0 amide bonds. The van der Waals surface area contributed by atoms with Crippen molar-refractivity contribution in [3.05, 3.63) is 35.9 Å². The molecule has 4 aromatic rings. The van der Waals surface area contributed by atoms with Gasteiger partial charge in [-0.05, 0) is 42.9 Å². The highest BCUT2D eigenvalue weighted by Gasteiger charge is 2.21. The number of pyridine rings is 1. The molecule has 2 aromatic heterocycles. The lowest BCUT2D eigenvalue weighted by atomic mass is 10.1. The van der Waals surface area contributed by atoms with Gasteiger partial charge < -0.3 is 10.4 Å². The molecular formula is C21H18N6O3S3. The Hall–Kier alpha value is -3.27. The van der Waals surface area contributed by atoms with Crippen molar-refractivity contribution in [2.24, 2.45) is 10.2 Å². The van der Waals surface area contributed by atoms with Gasteiger partial charge in [-0.2, -0.15) is 9.64 Å². The first-order valence-electron chi connectivity index (χ1n) is 9.67. The molecule has 0 aliphatic heterocycles. The maximum absolute atomic E-state index is 12.3. The minimum absolute atomic E-state index is 0.232. The number of hydrogen-bond acceptors (Lipinski definition) is 11. The molecular weight excluding hydrogens is 480 g/mol. The monoisotopic (exact) mass is 498 g/mol. The predicted octanol–water partition coefficient (Wildman–Crippen LogP) is 5.39. The number of aromatic hydroxyl groups is 1. The second-order valence-corrected chi connectivity index (χ2v) is 10.5. The maximum Gasteiger partial charge on any atom is 0.179 e. The molecule has 0 aliphatic rings. The Kier molecular flexibility index (Phi) is 6.20. The van der Waals surface area contributed by atoms with Crippen LogP contribution in [-0.2, 0) is 9.84 Å². The zero-order valence-corrected chi connectivity index (χ0v) is 20.3. The Morgan fingerprint density at radius 1 is 1.27 bits per heavy atom. The molecule has 0 fully saturated rings. The molecule has 0 unspecified atom stereocenters. The molecule has 0 aliphatic carbocycles. The lowest BCUT2D eigenvalue weighted by Crippen LogP contribution is -2.00. The van der Waals surface area contributed by atoms with Gasteiger partial charge in [-0.25, -0.2) is 13.4 Å². The number of azo groups is 1. The zero-order chi connectivity index (χ0) is 23.8.